The van der Waals surface area contributed by atoms with Gasteiger partial charge in [-0.25, -0.2) is 4.39 Å². The Hall–Kier alpha value is -1.29. The van der Waals surface area contributed by atoms with Crippen LogP contribution in [0.2, 0.25) is 0 Å². The number of benzene rings is 1. The Morgan fingerprint density at radius 3 is 3.08 bits per heavy atom. The van der Waals surface area contributed by atoms with E-state index in [-0.39, 0.29) is 6.04 Å². The van der Waals surface area contributed by atoms with Gasteiger partial charge in [-0.2, -0.15) is 0 Å². The molecular formula is C8H8FNO2. The summed E-state index contributed by atoms with van der Waals surface area (Å²) in [6.45, 7) is 0.345. The second-order valence-corrected chi connectivity index (χ2v) is 2.76. The predicted octanol–water partition coefficient (Wildman–Crippen LogP) is 0.923. The van der Waals surface area contributed by atoms with E-state index in [2.05, 4.69) is 0 Å². The van der Waals surface area contributed by atoms with Gasteiger partial charge in [0.05, 0.1) is 6.04 Å². The van der Waals surface area contributed by atoms with Crippen molar-refractivity contribution < 1.29 is 14.2 Å². The fourth-order valence-corrected chi connectivity index (χ4v) is 1.24. The molecule has 1 aliphatic heterocycles. The Bertz CT molecular complexity index is 327. The van der Waals surface area contributed by atoms with Gasteiger partial charge in [-0.15, -0.1) is 0 Å². The molecule has 1 heterocycles. The van der Waals surface area contributed by atoms with E-state index in [1.165, 1.54) is 12.1 Å². The highest BCUT2D eigenvalue weighted by molar-refractivity contribution is 5.45. The first-order chi connectivity index (χ1) is 5.68. The van der Waals surface area contributed by atoms with Crippen LogP contribution >= 0.6 is 0 Å². The summed E-state index contributed by atoms with van der Waals surface area (Å²) in [5.74, 6) is -0.584. The summed E-state index contributed by atoms with van der Waals surface area (Å²) in [6, 6.07) is 2.18. The molecule has 0 aliphatic carbocycles. The van der Waals surface area contributed by atoms with Crippen LogP contribution in [0, 0.1) is 5.82 Å². The smallest absolute Gasteiger partial charge is 0.165 e. The van der Waals surface area contributed by atoms with Crippen LogP contribution in [0.25, 0.3) is 0 Å². The van der Waals surface area contributed by atoms with Crippen LogP contribution in [0.5, 0.6) is 11.5 Å². The number of nitrogens with two attached hydrogens (primary N) is 1. The number of ether oxygens (including phenoxy) is 1. The molecule has 1 aromatic rings. The molecule has 0 amide bonds. The largest absolute Gasteiger partial charge is 0.505 e. The van der Waals surface area contributed by atoms with E-state index in [0.717, 1.165) is 0 Å². The molecule has 0 aromatic heterocycles. The van der Waals surface area contributed by atoms with E-state index in [0.29, 0.717) is 17.9 Å². The van der Waals surface area contributed by atoms with Gasteiger partial charge in [0.15, 0.2) is 11.6 Å². The number of phenolic OH excluding ortho intramolecular Hbond substituents is 1. The van der Waals surface area contributed by atoms with Crippen LogP contribution in [0.1, 0.15) is 11.6 Å². The summed E-state index contributed by atoms with van der Waals surface area (Å²) in [5.41, 5.74) is 6.21. The SMILES string of the molecule is NC1COc2cc(O)c(F)cc21. The Kier molecular flexibility index (Phi) is 1.44. The summed E-state index contributed by atoms with van der Waals surface area (Å²) >= 11 is 0. The molecule has 1 atom stereocenters. The minimum atomic E-state index is -0.658. The van der Waals surface area contributed by atoms with Crippen molar-refractivity contribution in [2.24, 2.45) is 5.73 Å². The summed E-state index contributed by atoms with van der Waals surface area (Å²) < 4.78 is 17.9. The number of hydrogen-bond acceptors (Lipinski definition) is 3. The third kappa shape index (κ3) is 0.921. The van der Waals surface area contributed by atoms with Crippen LogP contribution in [0.3, 0.4) is 0 Å². The first-order valence-electron chi connectivity index (χ1n) is 3.59. The first kappa shape index (κ1) is 7.36. The minimum Gasteiger partial charge on any atom is -0.505 e. The number of phenols is 1. The second kappa shape index (κ2) is 2.35. The first-order valence-corrected chi connectivity index (χ1v) is 3.59. The molecule has 12 heavy (non-hydrogen) atoms. The predicted molar refractivity (Wildman–Crippen MR) is 40.5 cm³/mol. The number of fused-ring (bicyclic) bond motifs is 1. The lowest BCUT2D eigenvalue weighted by atomic mass is 10.1. The maximum atomic E-state index is 12.8. The Morgan fingerprint density at radius 1 is 1.58 bits per heavy atom. The summed E-state index contributed by atoms with van der Waals surface area (Å²) in [5, 5.41) is 8.97. The Labute approximate surface area is 68.6 Å². The lowest BCUT2D eigenvalue weighted by molar-refractivity contribution is 0.331. The van der Waals surface area contributed by atoms with Gasteiger partial charge in [-0.05, 0) is 6.07 Å². The quantitative estimate of drug-likeness (QED) is 0.607. The average molecular weight is 169 g/mol. The van der Waals surface area contributed by atoms with E-state index >= 15 is 0 Å². The number of aromatic hydroxyl groups is 1. The molecule has 0 fully saturated rings. The summed E-state index contributed by atoms with van der Waals surface area (Å²) in [4.78, 5) is 0. The van der Waals surface area contributed by atoms with Crippen molar-refractivity contribution in [1.82, 2.24) is 0 Å². The standard InChI is InChI=1S/C8H8FNO2/c9-5-1-4-6(10)3-12-8(4)2-7(5)11/h1-2,6,11H,3,10H2. The Morgan fingerprint density at radius 2 is 2.33 bits per heavy atom. The fraction of sp³-hybridized carbons (Fsp3) is 0.250. The highest BCUT2D eigenvalue weighted by Gasteiger charge is 2.22. The fourth-order valence-electron chi connectivity index (χ4n) is 1.24. The highest BCUT2D eigenvalue weighted by Crippen LogP contribution is 2.35. The van der Waals surface area contributed by atoms with Crippen molar-refractivity contribution in [2.45, 2.75) is 6.04 Å². The molecule has 1 unspecified atom stereocenters. The van der Waals surface area contributed by atoms with Crippen LogP contribution in [-0.2, 0) is 0 Å². The lowest BCUT2D eigenvalue weighted by Crippen LogP contribution is -2.10. The third-order valence-electron chi connectivity index (χ3n) is 1.90. The number of hydrogen-bond donors (Lipinski definition) is 2. The van der Waals surface area contributed by atoms with Crippen molar-refractivity contribution in [3.63, 3.8) is 0 Å². The zero-order valence-electron chi connectivity index (χ0n) is 6.25. The topological polar surface area (TPSA) is 55.5 Å². The molecule has 1 aromatic carbocycles. The average Bonchev–Trinajstić information content (AvgIpc) is 2.35. The van der Waals surface area contributed by atoms with Gasteiger partial charge in [0.25, 0.3) is 0 Å². The zero-order valence-corrected chi connectivity index (χ0v) is 6.25. The molecular weight excluding hydrogens is 161 g/mol. The summed E-state index contributed by atoms with van der Waals surface area (Å²) in [6.07, 6.45) is 0. The molecule has 0 radical (unpaired) electrons. The molecule has 3 nitrogen and oxygen atoms in total. The van der Waals surface area contributed by atoms with Crippen molar-refractivity contribution >= 4 is 0 Å². The third-order valence-corrected chi connectivity index (χ3v) is 1.90. The van der Waals surface area contributed by atoms with Crippen molar-refractivity contribution in [1.29, 1.82) is 0 Å². The van der Waals surface area contributed by atoms with Gasteiger partial charge in [-0.3, -0.25) is 0 Å². The molecule has 0 saturated heterocycles. The second-order valence-electron chi connectivity index (χ2n) is 2.76. The monoisotopic (exact) mass is 169 g/mol. The molecule has 4 heteroatoms. The maximum Gasteiger partial charge on any atom is 0.165 e. The van der Waals surface area contributed by atoms with Crippen LogP contribution < -0.4 is 10.5 Å². The molecule has 2 rings (SSSR count). The van der Waals surface area contributed by atoms with Crippen LogP contribution in [0.4, 0.5) is 4.39 Å². The molecule has 1 aliphatic rings. The van der Waals surface area contributed by atoms with Gasteiger partial charge < -0.3 is 15.6 Å². The Balaban J connectivity index is 2.56. The van der Waals surface area contributed by atoms with E-state index in [9.17, 15) is 4.39 Å². The van der Waals surface area contributed by atoms with Gasteiger partial charge >= 0.3 is 0 Å². The van der Waals surface area contributed by atoms with Crippen molar-refractivity contribution in [2.75, 3.05) is 6.61 Å². The maximum absolute atomic E-state index is 12.8. The molecule has 0 saturated carbocycles. The number of halogens is 1. The van der Waals surface area contributed by atoms with Crippen molar-refractivity contribution in [3.8, 4) is 11.5 Å². The molecule has 64 valence electrons. The number of rotatable bonds is 0. The molecule has 3 N–H and O–H groups in total. The highest BCUT2D eigenvalue weighted by atomic mass is 19.1. The van der Waals surface area contributed by atoms with E-state index in [4.69, 9.17) is 15.6 Å². The lowest BCUT2D eigenvalue weighted by Gasteiger charge is -2.01. The summed E-state index contributed by atoms with van der Waals surface area (Å²) in [7, 11) is 0. The van der Waals surface area contributed by atoms with Gasteiger partial charge in [0, 0.05) is 11.6 Å². The zero-order chi connectivity index (χ0) is 8.72. The molecule has 0 bridgehead atoms. The van der Waals surface area contributed by atoms with Crippen LogP contribution in [-0.4, -0.2) is 11.7 Å². The van der Waals surface area contributed by atoms with E-state index in [1.807, 2.05) is 0 Å². The van der Waals surface area contributed by atoms with E-state index in [1.54, 1.807) is 0 Å². The van der Waals surface area contributed by atoms with E-state index < -0.39 is 11.6 Å². The minimum absolute atomic E-state index is 0.282. The van der Waals surface area contributed by atoms with Gasteiger partial charge in [-0.1, -0.05) is 0 Å². The molecule has 0 spiro atoms. The van der Waals surface area contributed by atoms with Crippen LogP contribution in [0.15, 0.2) is 12.1 Å². The van der Waals surface area contributed by atoms with Gasteiger partial charge in [0.1, 0.15) is 12.4 Å². The normalized spacial score (nSPS) is 20.3. The van der Waals surface area contributed by atoms with Crippen molar-refractivity contribution in [3.05, 3.63) is 23.5 Å². The van der Waals surface area contributed by atoms with Gasteiger partial charge in [0.2, 0.25) is 0 Å².